The number of nitrogens with one attached hydrogen (secondary N) is 3. The molecule has 1 amide bonds. The molecule has 0 aliphatic rings. The van der Waals surface area contributed by atoms with Gasteiger partial charge in [-0.1, -0.05) is 32.0 Å². The average molecular weight is 285 g/mol. The molecular formula is C16H19N3O2. The minimum Gasteiger partial charge on any atom is -0.321 e. The van der Waals surface area contributed by atoms with Gasteiger partial charge in [-0.3, -0.25) is 9.59 Å². The van der Waals surface area contributed by atoms with Crippen molar-refractivity contribution in [1.82, 2.24) is 10.3 Å². The van der Waals surface area contributed by atoms with Crippen LogP contribution in [0.5, 0.6) is 0 Å². The Morgan fingerprint density at radius 2 is 1.86 bits per heavy atom. The molecule has 1 aromatic heterocycles. The quantitative estimate of drug-likeness (QED) is 0.788. The van der Waals surface area contributed by atoms with Crippen LogP contribution in [-0.2, 0) is 6.54 Å². The first-order valence-electron chi connectivity index (χ1n) is 6.87. The van der Waals surface area contributed by atoms with Crippen molar-refractivity contribution in [3.8, 4) is 0 Å². The van der Waals surface area contributed by atoms with E-state index >= 15 is 0 Å². The van der Waals surface area contributed by atoms with Crippen molar-refractivity contribution in [1.29, 1.82) is 0 Å². The van der Waals surface area contributed by atoms with Crippen LogP contribution in [-0.4, -0.2) is 16.9 Å². The van der Waals surface area contributed by atoms with Gasteiger partial charge in [0.25, 0.3) is 5.91 Å². The zero-order chi connectivity index (χ0) is 15.2. The Labute approximate surface area is 123 Å². The minimum atomic E-state index is -0.333. The third-order valence-electron chi connectivity index (χ3n) is 2.94. The Morgan fingerprint density at radius 1 is 1.14 bits per heavy atom. The van der Waals surface area contributed by atoms with Crippen LogP contribution in [0.25, 0.3) is 0 Å². The number of H-pyrrole nitrogens is 1. The van der Waals surface area contributed by atoms with Crippen molar-refractivity contribution < 1.29 is 4.79 Å². The highest BCUT2D eigenvalue weighted by Gasteiger charge is 2.06. The van der Waals surface area contributed by atoms with Crippen LogP contribution in [0.1, 0.15) is 29.9 Å². The highest BCUT2D eigenvalue weighted by Crippen LogP contribution is 2.10. The van der Waals surface area contributed by atoms with Crippen molar-refractivity contribution in [3.05, 3.63) is 64.1 Å². The lowest BCUT2D eigenvalue weighted by Gasteiger charge is -2.09. The average Bonchev–Trinajstić information content (AvgIpc) is 2.46. The van der Waals surface area contributed by atoms with Gasteiger partial charge in [-0.25, -0.2) is 0 Å². The largest absolute Gasteiger partial charge is 0.321 e. The van der Waals surface area contributed by atoms with E-state index in [1.807, 2.05) is 24.3 Å². The molecule has 1 heterocycles. The minimum absolute atomic E-state index is 0.244. The van der Waals surface area contributed by atoms with Gasteiger partial charge in [-0.2, -0.15) is 0 Å². The first-order chi connectivity index (χ1) is 10.0. The Morgan fingerprint density at radius 3 is 2.48 bits per heavy atom. The fraction of sp³-hybridized carbons (Fsp3) is 0.250. The third kappa shape index (κ3) is 4.57. The number of rotatable bonds is 5. The van der Waals surface area contributed by atoms with Gasteiger partial charge in [0, 0.05) is 24.3 Å². The summed E-state index contributed by atoms with van der Waals surface area (Å²) in [6.07, 6.45) is 0. The first-order valence-corrected chi connectivity index (χ1v) is 6.87. The zero-order valence-corrected chi connectivity index (χ0v) is 12.1. The lowest BCUT2D eigenvalue weighted by atomic mass is 10.2. The molecule has 2 rings (SSSR count). The van der Waals surface area contributed by atoms with E-state index in [4.69, 9.17) is 0 Å². The Hall–Kier alpha value is -2.40. The van der Waals surface area contributed by atoms with E-state index in [1.165, 1.54) is 6.07 Å². The summed E-state index contributed by atoms with van der Waals surface area (Å²) in [5.41, 5.74) is 1.79. The predicted octanol–water partition coefficient (Wildman–Crippen LogP) is 2.13. The van der Waals surface area contributed by atoms with Crippen molar-refractivity contribution in [2.24, 2.45) is 0 Å². The standard InChI is InChI=1S/C16H19N3O2/c1-11(2)17-10-12-6-8-13(9-7-12)18-16(21)14-4-3-5-15(20)19-14/h3-9,11,17H,10H2,1-2H3,(H,18,21)(H,19,20). The molecule has 0 bridgehead atoms. The van der Waals surface area contributed by atoms with E-state index < -0.39 is 0 Å². The molecule has 1 aromatic carbocycles. The van der Waals surface area contributed by atoms with Crippen LogP contribution in [0.2, 0.25) is 0 Å². The van der Waals surface area contributed by atoms with Gasteiger partial charge in [-0.15, -0.1) is 0 Å². The van der Waals surface area contributed by atoms with Gasteiger partial charge in [-0.05, 0) is 23.8 Å². The van der Waals surface area contributed by atoms with Gasteiger partial charge in [0.1, 0.15) is 5.69 Å². The second kappa shape index (κ2) is 6.85. The smallest absolute Gasteiger partial charge is 0.272 e. The van der Waals surface area contributed by atoms with Crippen LogP contribution in [0.15, 0.2) is 47.3 Å². The number of amides is 1. The Kier molecular flexibility index (Phi) is 4.90. The van der Waals surface area contributed by atoms with Crippen LogP contribution >= 0.6 is 0 Å². The number of aromatic nitrogens is 1. The molecule has 0 unspecified atom stereocenters. The van der Waals surface area contributed by atoms with Crippen LogP contribution in [0.3, 0.4) is 0 Å². The van der Waals surface area contributed by atoms with Crippen molar-refractivity contribution in [3.63, 3.8) is 0 Å². The van der Waals surface area contributed by atoms with Crippen molar-refractivity contribution in [2.75, 3.05) is 5.32 Å². The molecule has 0 aliphatic carbocycles. The number of hydrogen-bond donors (Lipinski definition) is 3. The van der Waals surface area contributed by atoms with E-state index in [-0.39, 0.29) is 17.2 Å². The molecule has 3 N–H and O–H groups in total. The van der Waals surface area contributed by atoms with E-state index in [2.05, 4.69) is 29.5 Å². The summed E-state index contributed by atoms with van der Waals surface area (Å²) in [6.45, 7) is 4.97. The van der Waals surface area contributed by atoms with Crippen molar-refractivity contribution >= 4 is 11.6 Å². The van der Waals surface area contributed by atoms with E-state index in [9.17, 15) is 9.59 Å². The maximum absolute atomic E-state index is 12.0. The Balaban J connectivity index is 2.00. The molecule has 2 aromatic rings. The maximum atomic E-state index is 12.0. The molecule has 0 radical (unpaired) electrons. The summed E-state index contributed by atoms with van der Waals surface area (Å²) in [4.78, 5) is 25.6. The van der Waals surface area contributed by atoms with Crippen LogP contribution in [0.4, 0.5) is 5.69 Å². The second-order valence-corrected chi connectivity index (χ2v) is 5.12. The topological polar surface area (TPSA) is 74.0 Å². The fourth-order valence-electron chi connectivity index (χ4n) is 1.81. The maximum Gasteiger partial charge on any atom is 0.272 e. The van der Waals surface area contributed by atoms with E-state index in [0.29, 0.717) is 11.7 Å². The normalized spacial score (nSPS) is 10.6. The number of anilines is 1. The van der Waals surface area contributed by atoms with Crippen LogP contribution < -0.4 is 16.2 Å². The number of carbonyl (C=O) groups excluding carboxylic acids is 1. The van der Waals surface area contributed by atoms with Gasteiger partial charge in [0.05, 0.1) is 0 Å². The summed E-state index contributed by atoms with van der Waals surface area (Å²) in [6, 6.07) is 12.5. The lowest BCUT2D eigenvalue weighted by Crippen LogP contribution is -2.21. The molecule has 5 heteroatoms. The van der Waals surface area contributed by atoms with Gasteiger partial charge in [0.15, 0.2) is 0 Å². The second-order valence-electron chi connectivity index (χ2n) is 5.12. The summed E-state index contributed by atoms with van der Waals surface area (Å²) in [5, 5.41) is 6.08. The SMILES string of the molecule is CC(C)NCc1ccc(NC(=O)c2cccc(=O)[nH]2)cc1. The van der Waals surface area contributed by atoms with E-state index in [0.717, 1.165) is 12.1 Å². The molecule has 5 nitrogen and oxygen atoms in total. The highest BCUT2D eigenvalue weighted by molar-refractivity contribution is 6.02. The van der Waals surface area contributed by atoms with Crippen LogP contribution in [0, 0.1) is 0 Å². The molecule has 21 heavy (non-hydrogen) atoms. The molecule has 0 saturated carbocycles. The van der Waals surface area contributed by atoms with Crippen molar-refractivity contribution in [2.45, 2.75) is 26.4 Å². The van der Waals surface area contributed by atoms with E-state index in [1.54, 1.807) is 12.1 Å². The molecule has 0 atom stereocenters. The fourth-order valence-corrected chi connectivity index (χ4v) is 1.81. The monoisotopic (exact) mass is 285 g/mol. The molecule has 0 spiro atoms. The number of hydrogen-bond acceptors (Lipinski definition) is 3. The highest BCUT2D eigenvalue weighted by atomic mass is 16.2. The number of aromatic amines is 1. The summed E-state index contributed by atoms with van der Waals surface area (Å²) in [7, 11) is 0. The molecule has 0 saturated heterocycles. The molecular weight excluding hydrogens is 266 g/mol. The van der Waals surface area contributed by atoms with Gasteiger partial charge < -0.3 is 15.6 Å². The van der Waals surface area contributed by atoms with Gasteiger partial charge >= 0.3 is 0 Å². The molecule has 0 aliphatic heterocycles. The van der Waals surface area contributed by atoms with Gasteiger partial charge in [0.2, 0.25) is 5.56 Å². The third-order valence-corrected chi connectivity index (χ3v) is 2.94. The molecule has 110 valence electrons. The predicted molar refractivity (Wildman–Crippen MR) is 83.4 cm³/mol. The first kappa shape index (κ1) is 15.0. The number of benzene rings is 1. The number of carbonyl (C=O) groups is 1. The number of pyridine rings is 1. The Bertz CT molecular complexity index is 660. The summed E-state index contributed by atoms with van der Waals surface area (Å²) >= 11 is 0. The lowest BCUT2D eigenvalue weighted by molar-refractivity contribution is 0.102. The zero-order valence-electron chi connectivity index (χ0n) is 12.1. The summed E-state index contributed by atoms with van der Waals surface area (Å²) < 4.78 is 0. The molecule has 0 fully saturated rings. The summed E-state index contributed by atoms with van der Waals surface area (Å²) in [5.74, 6) is -0.333.